The molecule has 0 aromatic rings. The molecule has 1 saturated carbocycles. The van der Waals surface area contributed by atoms with E-state index in [2.05, 4.69) is 29.6 Å². The Morgan fingerprint density at radius 1 is 1.67 bits per heavy atom. The maximum Gasteiger partial charge on any atom is 0.205 e. The highest BCUT2D eigenvalue weighted by molar-refractivity contribution is 5.79. The molecule has 0 heterocycles. The fraction of sp³-hybridized carbons (Fsp3) is 0.875. The third-order valence-electron chi connectivity index (χ3n) is 2.28. The predicted octanol–water partition coefficient (Wildman–Crippen LogP) is 0.214. The first-order valence-electron chi connectivity index (χ1n) is 4.37. The summed E-state index contributed by atoms with van der Waals surface area (Å²) < 4.78 is 0. The Morgan fingerprint density at radius 2 is 2.25 bits per heavy atom. The van der Waals surface area contributed by atoms with Crippen LogP contribution in [0.15, 0.2) is 4.99 Å². The zero-order valence-electron chi connectivity index (χ0n) is 8.02. The van der Waals surface area contributed by atoms with E-state index in [4.69, 9.17) is 5.84 Å². The van der Waals surface area contributed by atoms with E-state index < -0.39 is 0 Å². The van der Waals surface area contributed by atoms with Crippen molar-refractivity contribution in [3.05, 3.63) is 0 Å². The molecule has 12 heavy (non-hydrogen) atoms. The third kappa shape index (κ3) is 2.11. The first kappa shape index (κ1) is 9.32. The van der Waals surface area contributed by atoms with Crippen LogP contribution in [0.1, 0.15) is 27.2 Å². The van der Waals surface area contributed by atoms with Crippen LogP contribution in [0.5, 0.6) is 0 Å². The molecule has 4 N–H and O–H groups in total. The Labute approximate surface area is 73.6 Å². The molecule has 0 spiro atoms. The Morgan fingerprint density at radius 3 is 2.58 bits per heavy atom. The average molecular weight is 170 g/mol. The van der Waals surface area contributed by atoms with E-state index in [1.54, 1.807) is 0 Å². The summed E-state index contributed by atoms with van der Waals surface area (Å²) in [6, 6.07) is 0.527. The first-order chi connectivity index (χ1) is 5.60. The van der Waals surface area contributed by atoms with Crippen LogP contribution in [-0.2, 0) is 0 Å². The van der Waals surface area contributed by atoms with Gasteiger partial charge in [-0.05, 0) is 18.8 Å². The van der Waals surface area contributed by atoms with Gasteiger partial charge < -0.3 is 5.32 Å². The van der Waals surface area contributed by atoms with E-state index in [0.29, 0.717) is 17.4 Å². The summed E-state index contributed by atoms with van der Waals surface area (Å²) in [5.74, 6) is 5.98. The summed E-state index contributed by atoms with van der Waals surface area (Å²) in [4.78, 5) is 4.16. The molecule has 4 heteroatoms. The van der Waals surface area contributed by atoms with Crippen molar-refractivity contribution in [2.45, 2.75) is 33.2 Å². The van der Waals surface area contributed by atoms with Gasteiger partial charge in [0.1, 0.15) is 0 Å². The van der Waals surface area contributed by atoms with Gasteiger partial charge in [-0.25, -0.2) is 5.84 Å². The van der Waals surface area contributed by atoms with Gasteiger partial charge in [0.05, 0.1) is 0 Å². The molecule has 1 unspecified atom stereocenters. The van der Waals surface area contributed by atoms with Gasteiger partial charge >= 0.3 is 0 Å². The lowest BCUT2D eigenvalue weighted by atomic mass is 10.2. The highest BCUT2D eigenvalue weighted by Crippen LogP contribution is 2.44. The molecule has 4 nitrogen and oxygen atoms in total. The fourth-order valence-electron chi connectivity index (χ4n) is 1.17. The summed E-state index contributed by atoms with van der Waals surface area (Å²) >= 11 is 0. The zero-order chi connectivity index (χ0) is 9.19. The zero-order valence-corrected chi connectivity index (χ0v) is 8.02. The van der Waals surface area contributed by atoms with Crippen molar-refractivity contribution in [2.75, 3.05) is 6.54 Å². The van der Waals surface area contributed by atoms with Gasteiger partial charge in [0.15, 0.2) is 0 Å². The SMILES string of the molecule is CCN=C(NN)NC1CC1(C)C. The fourth-order valence-corrected chi connectivity index (χ4v) is 1.17. The van der Waals surface area contributed by atoms with Crippen LogP contribution in [0.25, 0.3) is 0 Å². The second-order valence-electron chi connectivity index (χ2n) is 3.86. The molecule has 1 fully saturated rings. The van der Waals surface area contributed by atoms with Gasteiger partial charge in [-0.1, -0.05) is 13.8 Å². The number of guanidine groups is 1. The van der Waals surface area contributed by atoms with E-state index in [0.717, 1.165) is 6.54 Å². The van der Waals surface area contributed by atoms with Gasteiger partial charge in [0, 0.05) is 12.6 Å². The van der Waals surface area contributed by atoms with Crippen LogP contribution in [0, 0.1) is 5.41 Å². The second-order valence-corrected chi connectivity index (χ2v) is 3.86. The van der Waals surface area contributed by atoms with E-state index in [1.165, 1.54) is 6.42 Å². The third-order valence-corrected chi connectivity index (χ3v) is 2.28. The highest BCUT2D eigenvalue weighted by atomic mass is 15.3. The molecule has 70 valence electrons. The number of nitrogens with one attached hydrogen (secondary N) is 2. The van der Waals surface area contributed by atoms with Gasteiger partial charge in [0.2, 0.25) is 5.96 Å². The highest BCUT2D eigenvalue weighted by Gasteiger charge is 2.46. The molecule has 1 aliphatic carbocycles. The van der Waals surface area contributed by atoms with Crippen molar-refractivity contribution >= 4 is 5.96 Å². The van der Waals surface area contributed by atoms with E-state index in [9.17, 15) is 0 Å². The molecule has 1 rings (SSSR count). The van der Waals surface area contributed by atoms with E-state index in [1.807, 2.05) is 6.92 Å². The molecular formula is C8H18N4. The summed E-state index contributed by atoms with van der Waals surface area (Å²) in [5, 5.41) is 3.25. The van der Waals surface area contributed by atoms with Crippen molar-refractivity contribution in [3.63, 3.8) is 0 Å². The summed E-state index contributed by atoms with van der Waals surface area (Å²) in [5.41, 5.74) is 2.96. The number of hydrogen-bond acceptors (Lipinski definition) is 2. The number of nitrogens with two attached hydrogens (primary N) is 1. The van der Waals surface area contributed by atoms with Gasteiger partial charge in [-0.3, -0.25) is 10.4 Å². The molecule has 0 amide bonds. The lowest BCUT2D eigenvalue weighted by molar-refractivity contribution is 0.589. The number of nitrogens with zero attached hydrogens (tertiary/aromatic N) is 1. The van der Waals surface area contributed by atoms with Crippen molar-refractivity contribution in [1.82, 2.24) is 10.7 Å². The maximum absolute atomic E-state index is 5.28. The van der Waals surface area contributed by atoms with Gasteiger partial charge in [-0.15, -0.1) is 0 Å². The number of hydrazine groups is 1. The quantitative estimate of drug-likeness (QED) is 0.240. The Kier molecular flexibility index (Phi) is 2.57. The van der Waals surface area contributed by atoms with Crippen molar-refractivity contribution in [3.8, 4) is 0 Å². The number of aliphatic imine (C=N–C) groups is 1. The molecule has 1 atom stereocenters. The summed E-state index contributed by atoms with van der Waals surface area (Å²) in [7, 11) is 0. The number of hydrogen-bond donors (Lipinski definition) is 3. The van der Waals surface area contributed by atoms with Crippen LogP contribution >= 0.6 is 0 Å². The average Bonchev–Trinajstić information content (AvgIpc) is 2.58. The van der Waals surface area contributed by atoms with E-state index >= 15 is 0 Å². The lowest BCUT2D eigenvalue weighted by Crippen LogP contribution is -2.43. The lowest BCUT2D eigenvalue weighted by Gasteiger charge is -2.09. The molecule has 0 aromatic heterocycles. The molecule has 0 saturated heterocycles. The van der Waals surface area contributed by atoms with Crippen molar-refractivity contribution < 1.29 is 0 Å². The van der Waals surface area contributed by atoms with Crippen LogP contribution in [0.4, 0.5) is 0 Å². The second kappa shape index (κ2) is 3.31. The molecule has 1 aliphatic rings. The Bertz CT molecular complexity index is 185. The molecule has 0 aromatic carbocycles. The van der Waals surface area contributed by atoms with E-state index in [-0.39, 0.29) is 0 Å². The predicted molar refractivity (Wildman–Crippen MR) is 50.6 cm³/mol. The maximum atomic E-state index is 5.28. The summed E-state index contributed by atoms with van der Waals surface area (Å²) in [6.07, 6.45) is 1.19. The van der Waals surface area contributed by atoms with Crippen LogP contribution in [-0.4, -0.2) is 18.5 Å². The molecule has 0 bridgehead atoms. The Hall–Kier alpha value is -0.770. The standard InChI is InChI=1S/C8H18N4/c1-4-10-7(12-9)11-6-5-8(6,2)3/h6H,4-5,9H2,1-3H3,(H2,10,11,12). The molecular weight excluding hydrogens is 152 g/mol. The monoisotopic (exact) mass is 170 g/mol. The largest absolute Gasteiger partial charge is 0.352 e. The van der Waals surface area contributed by atoms with Crippen LogP contribution in [0.2, 0.25) is 0 Å². The van der Waals surface area contributed by atoms with Gasteiger partial charge in [0.25, 0.3) is 0 Å². The van der Waals surface area contributed by atoms with Crippen molar-refractivity contribution in [2.24, 2.45) is 16.3 Å². The first-order valence-corrected chi connectivity index (χ1v) is 4.37. The number of rotatable bonds is 2. The minimum Gasteiger partial charge on any atom is -0.352 e. The normalized spacial score (nSPS) is 26.7. The minimum absolute atomic E-state index is 0.408. The minimum atomic E-state index is 0.408. The van der Waals surface area contributed by atoms with Gasteiger partial charge in [-0.2, -0.15) is 0 Å². The topological polar surface area (TPSA) is 62.4 Å². The Balaban J connectivity index is 2.35. The smallest absolute Gasteiger partial charge is 0.205 e. The summed E-state index contributed by atoms with van der Waals surface area (Å²) in [6.45, 7) is 7.19. The van der Waals surface area contributed by atoms with Crippen molar-refractivity contribution in [1.29, 1.82) is 0 Å². The van der Waals surface area contributed by atoms with Crippen LogP contribution in [0.3, 0.4) is 0 Å². The molecule has 0 radical (unpaired) electrons. The van der Waals surface area contributed by atoms with Crippen LogP contribution < -0.4 is 16.6 Å². The molecule has 0 aliphatic heterocycles.